The molecular weight excluding hydrogens is 316 g/mol. The van der Waals surface area contributed by atoms with E-state index in [0.29, 0.717) is 0 Å². The van der Waals surface area contributed by atoms with Crippen molar-refractivity contribution in [1.82, 2.24) is 4.98 Å². The average molecular weight is 334 g/mol. The highest BCUT2D eigenvalue weighted by Gasteiger charge is 2.21. The van der Waals surface area contributed by atoms with Crippen molar-refractivity contribution in [1.29, 1.82) is 0 Å². The summed E-state index contributed by atoms with van der Waals surface area (Å²) in [6.45, 7) is 2.09. The Morgan fingerprint density at radius 1 is 1.12 bits per heavy atom. The molecule has 4 heteroatoms. The molecule has 0 amide bonds. The average Bonchev–Trinajstić information content (AvgIpc) is 3.04. The van der Waals surface area contributed by atoms with Crippen LogP contribution in [-0.2, 0) is 12.8 Å². The van der Waals surface area contributed by atoms with Crippen LogP contribution in [-0.4, -0.2) is 18.3 Å². The molecular formula is C20H18N2OS. The summed E-state index contributed by atoms with van der Waals surface area (Å²) in [7, 11) is 1.71. The Morgan fingerprint density at radius 2 is 1.96 bits per heavy atom. The minimum Gasteiger partial charge on any atom is -0.497 e. The predicted molar refractivity (Wildman–Crippen MR) is 99.9 cm³/mol. The van der Waals surface area contributed by atoms with E-state index in [4.69, 9.17) is 9.72 Å². The van der Waals surface area contributed by atoms with Crippen LogP contribution in [0, 0.1) is 6.92 Å². The van der Waals surface area contributed by atoms with Crippen molar-refractivity contribution in [3.8, 4) is 17.0 Å². The molecule has 3 nitrogen and oxygen atoms in total. The smallest absolute Gasteiger partial charge is 0.209 e. The highest BCUT2D eigenvalue weighted by atomic mass is 32.1. The second-order valence-electron chi connectivity index (χ2n) is 5.96. The maximum Gasteiger partial charge on any atom is 0.209 e. The molecule has 1 aliphatic carbocycles. The fourth-order valence-corrected chi connectivity index (χ4v) is 3.86. The van der Waals surface area contributed by atoms with Gasteiger partial charge in [0.05, 0.1) is 12.8 Å². The van der Waals surface area contributed by atoms with Crippen molar-refractivity contribution in [2.75, 3.05) is 7.11 Å². The number of ether oxygens (including phenoxy) is 1. The first-order valence-corrected chi connectivity index (χ1v) is 8.82. The molecule has 0 bridgehead atoms. The van der Waals surface area contributed by atoms with Crippen LogP contribution < -0.4 is 4.74 Å². The third-order valence-electron chi connectivity index (χ3n) is 4.28. The molecule has 0 aliphatic heterocycles. The number of hydrogen-bond donors (Lipinski definition) is 0. The molecule has 0 unspecified atom stereocenters. The molecule has 3 aromatic rings. The number of thiazole rings is 1. The Kier molecular flexibility index (Phi) is 3.90. The highest BCUT2D eigenvalue weighted by Crippen LogP contribution is 2.40. The molecule has 0 N–H and O–H groups in total. The number of nitrogens with zero attached hydrogens (tertiary/aromatic N) is 2. The van der Waals surface area contributed by atoms with Crippen molar-refractivity contribution in [2.24, 2.45) is 4.99 Å². The topological polar surface area (TPSA) is 34.5 Å². The standard InChI is InChI=1S/C20H18N2OS/c1-13-3-5-14(6-4-13)12-21-20-22-19-17-9-8-16(23-2)11-15(17)7-10-18(19)24-20/h3-6,8-9,11-12H,7,10H2,1-2H3/b21-12+. The van der Waals surface area contributed by atoms with Crippen LogP contribution in [0.25, 0.3) is 11.3 Å². The van der Waals surface area contributed by atoms with Gasteiger partial charge < -0.3 is 4.74 Å². The van der Waals surface area contributed by atoms with Gasteiger partial charge in [0.2, 0.25) is 5.13 Å². The zero-order valence-corrected chi connectivity index (χ0v) is 14.6. The first-order chi connectivity index (χ1) is 11.7. The minimum atomic E-state index is 0.823. The van der Waals surface area contributed by atoms with E-state index in [9.17, 15) is 0 Å². The number of aromatic nitrogens is 1. The van der Waals surface area contributed by atoms with E-state index in [0.717, 1.165) is 35.0 Å². The van der Waals surface area contributed by atoms with Crippen LogP contribution in [0.3, 0.4) is 0 Å². The number of aliphatic imine (C=N–C) groups is 1. The van der Waals surface area contributed by atoms with Crippen LogP contribution in [0.4, 0.5) is 5.13 Å². The number of rotatable bonds is 3. The summed E-state index contributed by atoms with van der Waals surface area (Å²) in [5.41, 5.74) is 5.95. The lowest BCUT2D eigenvalue weighted by molar-refractivity contribution is 0.414. The summed E-state index contributed by atoms with van der Waals surface area (Å²) < 4.78 is 5.33. The normalized spacial score (nSPS) is 12.9. The molecule has 4 rings (SSSR count). The second kappa shape index (κ2) is 6.21. The third-order valence-corrected chi connectivity index (χ3v) is 5.30. The fourth-order valence-electron chi connectivity index (χ4n) is 2.94. The zero-order chi connectivity index (χ0) is 16.5. The molecule has 120 valence electrons. The van der Waals surface area contributed by atoms with Crippen molar-refractivity contribution < 1.29 is 4.74 Å². The molecule has 1 heterocycles. The largest absolute Gasteiger partial charge is 0.497 e. The first kappa shape index (κ1) is 15.1. The molecule has 1 aromatic heterocycles. The lowest BCUT2D eigenvalue weighted by atomic mass is 9.93. The molecule has 2 aromatic carbocycles. The quantitative estimate of drug-likeness (QED) is 0.633. The zero-order valence-electron chi connectivity index (χ0n) is 13.7. The van der Waals surface area contributed by atoms with Gasteiger partial charge in [0, 0.05) is 16.7 Å². The van der Waals surface area contributed by atoms with Gasteiger partial charge in [-0.2, -0.15) is 0 Å². The van der Waals surface area contributed by atoms with E-state index in [2.05, 4.69) is 48.3 Å². The summed E-state index contributed by atoms with van der Waals surface area (Å²) in [5.74, 6) is 0.907. The Hall–Kier alpha value is -2.46. The van der Waals surface area contributed by atoms with Crippen molar-refractivity contribution in [3.05, 3.63) is 64.0 Å². The molecule has 0 spiro atoms. The summed E-state index contributed by atoms with van der Waals surface area (Å²) in [4.78, 5) is 10.7. The summed E-state index contributed by atoms with van der Waals surface area (Å²) in [6, 6.07) is 14.6. The van der Waals surface area contributed by atoms with Gasteiger partial charge in [0.1, 0.15) is 5.75 Å². The molecule has 0 radical (unpaired) electrons. The molecule has 0 saturated carbocycles. The molecule has 0 fully saturated rings. The van der Waals surface area contributed by atoms with Gasteiger partial charge in [0.25, 0.3) is 0 Å². The number of methoxy groups -OCH3 is 1. The maximum absolute atomic E-state index is 5.33. The molecule has 24 heavy (non-hydrogen) atoms. The Labute approximate surface area is 145 Å². The second-order valence-corrected chi connectivity index (χ2v) is 7.02. The van der Waals surface area contributed by atoms with E-state index >= 15 is 0 Å². The number of benzene rings is 2. The van der Waals surface area contributed by atoms with Crippen molar-refractivity contribution >= 4 is 22.7 Å². The van der Waals surface area contributed by atoms with E-state index < -0.39 is 0 Å². The Morgan fingerprint density at radius 3 is 2.75 bits per heavy atom. The number of aryl methyl sites for hydroxylation is 3. The van der Waals surface area contributed by atoms with Gasteiger partial charge in [-0.1, -0.05) is 41.2 Å². The predicted octanol–water partition coefficient (Wildman–Crippen LogP) is 4.98. The van der Waals surface area contributed by atoms with E-state index in [1.807, 2.05) is 12.3 Å². The number of fused-ring (bicyclic) bond motifs is 3. The molecule has 1 aliphatic rings. The maximum atomic E-state index is 5.33. The summed E-state index contributed by atoms with van der Waals surface area (Å²) in [5, 5.41) is 0.823. The van der Waals surface area contributed by atoms with Gasteiger partial charge in [0.15, 0.2) is 0 Å². The van der Waals surface area contributed by atoms with Gasteiger partial charge >= 0.3 is 0 Å². The van der Waals surface area contributed by atoms with Gasteiger partial charge in [-0.3, -0.25) is 0 Å². The van der Waals surface area contributed by atoms with Gasteiger partial charge in [-0.05, 0) is 49.1 Å². The summed E-state index contributed by atoms with van der Waals surface area (Å²) >= 11 is 1.69. The first-order valence-electron chi connectivity index (χ1n) is 8.00. The Balaban J connectivity index is 1.65. The Bertz CT molecular complexity index is 910. The lowest BCUT2D eigenvalue weighted by Gasteiger charge is -2.15. The molecule has 0 saturated heterocycles. The SMILES string of the molecule is COc1ccc2c(c1)CCc1sc(/N=C/c3ccc(C)cc3)nc1-2. The van der Waals surface area contributed by atoms with E-state index in [1.54, 1.807) is 18.4 Å². The van der Waals surface area contributed by atoms with Crippen molar-refractivity contribution in [3.63, 3.8) is 0 Å². The molecule has 0 atom stereocenters. The van der Waals surface area contributed by atoms with E-state index in [1.165, 1.54) is 21.6 Å². The monoisotopic (exact) mass is 334 g/mol. The van der Waals surface area contributed by atoms with Crippen LogP contribution in [0.15, 0.2) is 47.5 Å². The van der Waals surface area contributed by atoms with Crippen LogP contribution in [0.1, 0.15) is 21.6 Å². The van der Waals surface area contributed by atoms with Gasteiger partial charge in [-0.15, -0.1) is 0 Å². The highest BCUT2D eigenvalue weighted by molar-refractivity contribution is 7.15. The van der Waals surface area contributed by atoms with E-state index in [-0.39, 0.29) is 0 Å². The third kappa shape index (κ3) is 2.85. The van der Waals surface area contributed by atoms with Crippen molar-refractivity contribution in [2.45, 2.75) is 19.8 Å². The lowest BCUT2D eigenvalue weighted by Crippen LogP contribution is -2.02. The van der Waals surface area contributed by atoms with Crippen LogP contribution in [0.2, 0.25) is 0 Å². The minimum absolute atomic E-state index is 0.823. The summed E-state index contributed by atoms with van der Waals surface area (Å²) in [6.07, 6.45) is 3.94. The van der Waals surface area contributed by atoms with Crippen LogP contribution in [0.5, 0.6) is 5.75 Å². The van der Waals surface area contributed by atoms with Crippen LogP contribution >= 0.6 is 11.3 Å². The fraction of sp³-hybridized carbons (Fsp3) is 0.200. The van der Waals surface area contributed by atoms with Gasteiger partial charge in [-0.25, -0.2) is 9.98 Å². The number of hydrogen-bond acceptors (Lipinski definition) is 4.